The molecule has 144 valence electrons. The molecule has 0 spiro atoms. The third-order valence-electron chi connectivity index (χ3n) is 3.60. The molecule has 3 aromatic rings. The number of hydrogen-bond donors (Lipinski definition) is 1. The number of nitrogens with zero attached hydrogens (tertiary/aromatic N) is 5. The van der Waals surface area contributed by atoms with Crippen molar-refractivity contribution in [2.75, 3.05) is 18.5 Å². The highest BCUT2D eigenvalue weighted by Crippen LogP contribution is 2.27. The van der Waals surface area contributed by atoms with Crippen LogP contribution in [0, 0.1) is 13.8 Å². The number of hydrogen-bond acceptors (Lipinski definition) is 6. The zero-order chi connectivity index (χ0) is 19.6. The lowest BCUT2D eigenvalue weighted by Crippen LogP contribution is -2.19. The Morgan fingerprint density at radius 3 is 2.74 bits per heavy atom. The summed E-state index contributed by atoms with van der Waals surface area (Å²) >= 11 is 6.01. The Balaban J connectivity index is 1.90. The molecule has 0 atom stereocenters. The molecule has 0 saturated heterocycles. The Kier molecular flexibility index (Phi) is 5.47. The lowest BCUT2D eigenvalue weighted by Gasteiger charge is -2.11. The van der Waals surface area contributed by atoms with Crippen molar-refractivity contribution in [2.45, 2.75) is 26.6 Å². The van der Waals surface area contributed by atoms with E-state index in [1.807, 2.05) is 19.1 Å². The first-order valence-electron chi connectivity index (χ1n) is 7.98. The molecule has 0 aliphatic carbocycles. The third kappa shape index (κ3) is 4.83. The predicted molar refractivity (Wildman–Crippen MR) is 94.2 cm³/mol. The quantitative estimate of drug-likeness (QED) is 0.500. The number of halogens is 4. The molecule has 3 heterocycles. The lowest BCUT2D eigenvalue weighted by atomic mass is 10.3. The lowest BCUT2D eigenvalue weighted by molar-refractivity contribution is -0.174. The van der Waals surface area contributed by atoms with Gasteiger partial charge in [-0.05, 0) is 43.1 Å². The van der Waals surface area contributed by atoms with Crippen molar-refractivity contribution in [2.24, 2.45) is 0 Å². The predicted octanol–water partition coefficient (Wildman–Crippen LogP) is 3.81. The topological polar surface area (TPSA) is 77.8 Å². The van der Waals surface area contributed by atoms with E-state index in [0.29, 0.717) is 28.4 Å². The van der Waals surface area contributed by atoms with E-state index in [-0.39, 0.29) is 18.4 Å². The summed E-state index contributed by atoms with van der Waals surface area (Å²) in [5, 5.41) is 7.41. The van der Waals surface area contributed by atoms with Crippen LogP contribution in [0.2, 0.25) is 5.28 Å². The highest BCUT2D eigenvalue weighted by atomic mass is 35.5. The van der Waals surface area contributed by atoms with E-state index in [9.17, 15) is 13.2 Å². The van der Waals surface area contributed by atoms with Crippen molar-refractivity contribution in [3.8, 4) is 0 Å². The molecule has 0 saturated carbocycles. The molecule has 1 N–H and O–H groups in total. The van der Waals surface area contributed by atoms with E-state index in [1.54, 1.807) is 13.1 Å². The average molecular weight is 401 g/mol. The standard InChI is InChI=1S/C16H16ClF3N6O/c1-9-3-4-21-11(7-9)22-14-13-12(23-15(17)24-14)10(2)25-26(13)5-6-27-8-16(18,19)20/h3-4,7H,5-6,8H2,1-2H3,(H,21,22,23,24). The van der Waals surface area contributed by atoms with Crippen LogP contribution in [0.25, 0.3) is 11.0 Å². The van der Waals surface area contributed by atoms with Gasteiger partial charge in [0, 0.05) is 6.20 Å². The van der Waals surface area contributed by atoms with Gasteiger partial charge in [-0.2, -0.15) is 23.3 Å². The summed E-state index contributed by atoms with van der Waals surface area (Å²) in [6.45, 7) is 2.27. The monoisotopic (exact) mass is 400 g/mol. The molecule has 11 heteroatoms. The molecule has 0 fully saturated rings. The van der Waals surface area contributed by atoms with E-state index in [4.69, 9.17) is 11.6 Å². The van der Waals surface area contributed by atoms with E-state index < -0.39 is 12.8 Å². The van der Waals surface area contributed by atoms with Crippen molar-refractivity contribution < 1.29 is 17.9 Å². The molecule has 0 unspecified atom stereocenters. The summed E-state index contributed by atoms with van der Waals surface area (Å²) in [5.74, 6) is 0.907. The van der Waals surface area contributed by atoms with E-state index in [2.05, 4.69) is 30.1 Å². The van der Waals surface area contributed by atoms with Gasteiger partial charge in [-0.1, -0.05) is 0 Å². The van der Waals surface area contributed by atoms with Crippen LogP contribution in [-0.4, -0.2) is 44.1 Å². The Morgan fingerprint density at radius 2 is 2.04 bits per heavy atom. The third-order valence-corrected chi connectivity index (χ3v) is 3.77. The maximum absolute atomic E-state index is 12.2. The minimum absolute atomic E-state index is 0.0219. The smallest absolute Gasteiger partial charge is 0.370 e. The summed E-state index contributed by atoms with van der Waals surface area (Å²) in [4.78, 5) is 12.6. The molecule has 27 heavy (non-hydrogen) atoms. The number of pyridine rings is 1. The van der Waals surface area contributed by atoms with E-state index >= 15 is 0 Å². The van der Waals surface area contributed by atoms with Crippen LogP contribution in [0.4, 0.5) is 24.8 Å². The Morgan fingerprint density at radius 1 is 1.26 bits per heavy atom. The second-order valence-electron chi connectivity index (χ2n) is 5.86. The normalized spacial score (nSPS) is 11.9. The number of nitrogens with one attached hydrogen (secondary N) is 1. The minimum Gasteiger partial charge on any atom is -0.370 e. The molecule has 3 rings (SSSR count). The molecule has 0 amide bonds. The summed E-state index contributed by atoms with van der Waals surface area (Å²) in [6, 6.07) is 3.67. The second-order valence-corrected chi connectivity index (χ2v) is 6.20. The number of alkyl halides is 3. The van der Waals surface area contributed by atoms with E-state index in [1.165, 1.54) is 4.68 Å². The number of fused-ring (bicyclic) bond motifs is 1. The van der Waals surface area contributed by atoms with Gasteiger partial charge in [0.2, 0.25) is 5.28 Å². The summed E-state index contributed by atoms with van der Waals surface area (Å²) < 4.78 is 42.8. The molecule has 0 aromatic carbocycles. The maximum atomic E-state index is 12.2. The largest absolute Gasteiger partial charge is 0.411 e. The first-order valence-corrected chi connectivity index (χ1v) is 8.35. The second kappa shape index (κ2) is 7.65. The molecular formula is C16H16ClF3N6O. The van der Waals surface area contributed by atoms with Crippen LogP contribution in [0.3, 0.4) is 0 Å². The van der Waals surface area contributed by atoms with Crippen LogP contribution < -0.4 is 5.32 Å². The van der Waals surface area contributed by atoms with Gasteiger partial charge in [-0.15, -0.1) is 0 Å². The van der Waals surface area contributed by atoms with Gasteiger partial charge >= 0.3 is 6.18 Å². The number of ether oxygens (including phenoxy) is 1. The first kappa shape index (κ1) is 19.3. The maximum Gasteiger partial charge on any atom is 0.411 e. The van der Waals surface area contributed by atoms with Crippen LogP contribution in [-0.2, 0) is 11.3 Å². The SMILES string of the molecule is Cc1ccnc(Nc2nc(Cl)nc3c(C)nn(CCOCC(F)(F)F)c23)c1. The molecule has 0 bridgehead atoms. The fourth-order valence-electron chi connectivity index (χ4n) is 2.52. The fraction of sp³-hybridized carbons (Fsp3) is 0.375. The fourth-order valence-corrected chi connectivity index (χ4v) is 2.69. The van der Waals surface area contributed by atoms with Crippen molar-refractivity contribution in [1.29, 1.82) is 0 Å². The van der Waals surface area contributed by atoms with Crippen LogP contribution >= 0.6 is 11.6 Å². The highest BCUT2D eigenvalue weighted by molar-refractivity contribution is 6.28. The molecule has 7 nitrogen and oxygen atoms in total. The molecule has 3 aromatic heterocycles. The molecule has 0 aliphatic heterocycles. The summed E-state index contributed by atoms with van der Waals surface area (Å²) in [6.07, 6.45) is -2.73. The number of aromatic nitrogens is 5. The Labute approximate surface area is 157 Å². The van der Waals surface area contributed by atoms with Gasteiger partial charge in [0.05, 0.1) is 18.8 Å². The molecule has 0 radical (unpaired) electrons. The van der Waals surface area contributed by atoms with Gasteiger partial charge < -0.3 is 10.1 Å². The van der Waals surface area contributed by atoms with Crippen LogP contribution in [0.15, 0.2) is 18.3 Å². The van der Waals surface area contributed by atoms with E-state index in [0.717, 1.165) is 5.56 Å². The van der Waals surface area contributed by atoms with Crippen LogP contribution in [0.1, 0.15) is 11.3 Å². The van der Waals surface area contributed by atoms with Gasteiger partial charge in [-0.3, -0.25) is 4.68 Å². The van der Waals surface area contributed by atoms with Crippen molar-refractivity contribution in [3.63, 3.8) is 0 Å². The van der Waals surface area contributed by atoms with Crippen LogP contribution in [0.5, 0.6) is 0 Å². The number of rotatable bonds is 6. The van der Waals surface area contributed by atoms with Crippen molar-refractivity contribution in [1.82, 2.24) is 24.7 Å². The molecule has 0 aliphatic rings. The van der Waals surface area contributed by atoms with Gasteiger partial charge in [0.1, 0.15) is 23.5 Å². The molecular weight excluding hydrogens is 385 g/mol. The van der Waals surface area contributed by atoms with Crippen molar-refractivity contribution >= 4 is 34.3 Å². The Bertz CT molecular complexity index is 959. The van der Waals surface area contributed by atoms with Crippen molar-refractivity contribution in [3.05, 3.63) is 34.9 Å². The average Bonchev–Trinajstić information content (AvgIpc) is 2.87. The first-order chi connectivity index (χ1) is 12.7. The Hall–Kier alpha value is -2.46. The highest BCUT2D eigenvalue weighted by Gasteiger charge is 2.27. The summed E-state index contributed by atoms with van der Waals surface area (Å²) in [7, 11) is 0. The number of aryl methyl sites for hydroxylation is 2. The summed E-state index contributed by atoms with van der Waals surface area (Å²) in [5.41, 5.74) is 2.58. The minimum atomic E-state index is -4.37. The van der Waals surface area contributed by atoms with Gasteiger partial charge in [0.25, 0.3) is 0 Å². The number of anilines is 2. The van der Waals surface area contributed by atoms with Gasteiger partial charge in [-0.25, -0.2) is 9.97 Å². The zero-order valence-electron chi connectivity index (χ0n) is 14.5. The van der Waals surface area contributed by atoms with Gasteiger partial charge in [0.15, 0.2) is 5.82 Å². The zero-order valence-corrected chi connectivity index (χ0v) is 15.3.